The number of hydrogen-bond donors (Lipinski definition) is 0. The molecule has 0 unspecified atom stereocenters. The molecule has 0 saturated heterocycles. The van der Waals surface area contributed by atoms with Gasteiger partial charge in [0.2, 0.25) is 0 Å². The van der Waals surface area contributed by atoms with Crippen LogP contribution in [0.2, 0.25) is 0 Å². The lowest BCUT2D eigenvalue weighted by Gasteiger charge is -2.01. The minimum atomic E-state index is -3.11. The quantitative estimate of drug-likeness (QED) is 0.758. The highest BCUT2D eigenvalue weighted by molar-refractivity contribution is 7.91. The molecule has 0 saturated carbocycles. The molecule has 0 heterocycles. The molecular formula is C10H11NO2S. The smallest absolute Gasteiger partial charge is 0.178 e. The molecule has 3 nitrogen and oxygen atoms in total. The fraction of sp³-hybridized carbons (Fsp3) is 0.300. The number of benzene rings is 1. The van der Waals surface area contributed by atoms with Crippen molar-refractivity contribution in [3.05, 3.63) is 29.8 Å². The van der Waals surface area contributed by atoms with E-state index in [1.807, 2.05) is 6.07 Å². The topological polar surface area (TPSA) is 57.9 Å². The van der Waals surface area contributed by atoms with Crippen molar-refractivity contribution in [1.29, 1.82) is 5.26 Å². The van der Waals surface area contributed by atoms with Crippen molar-refractivity contribution in [3.63, 3.8) is 0 Å². The first-order valence-corrected chi connectivity index (χ1v) is 5.94. The van der Waals surface area contributed by atoms with Crippen molar-refractivity contribution in [2.45, 2.75) is 18.2 Å². The Balaban J connectivity index is 3.01. The van der Waals surface area contributed by atoms with E-state index in [0.717, 1.165) is 5.56 Å². The Morgan fingerprint density at radius 1 is 1.29 bits per heavy atom. The van der Waals surface area contributed by atoms with Crippen LogP contribution in [-0.2, 0) is 16.3 Å². The van der Waals surface area contributed by atoms with Crippen LogP contribution in [0.5, 0.6) is 0 Å². The number of nitrogens with zero attached hydrogens (tertiary/aromatic N) is 1. The van der Waals surface area contributed by atoms with Crippen molar-refractivity contribution in [2.75, 3.05) is 5.75 Å². The van der Waals surface area contributed by atoms with Gasteiger partial charge in [-0.2, -0.15) is 5.26 Å². The zero-order chi connectivity index (χ0) is 10.6. The highest BCUT2D eigenvalue weighted by atomic mass is 32.2. The second-order valence-corrected chi connectivity index (χ2v) is 5.16. The fourth-order valence-corrected chi connectivity index (χ4v) is 1.96. The Bertz CT molecular complexity index is 440. The highest BCUT2D eigenvalue weighted by Crippen LogP contribution is 2.12. The second kappa shape index (κ2) is 4.25. The van der Waals surface area contributed by atoms with Gasteiger partial charge in [-0.3, -0.25) is 0 Å². The molecule has 4 heteroatoms. The summed E-state index contributed by atoms with van der Waals surface area (Å²) in [5, 5.41) is 8.43. The maximum atomic E-state index is 11.4. The second-order valence-electron chi connectivity index (χ2n) is 2.88. The monoisotopic (exact) mass is 209 g/mol. The zero-order valence-corrected chi connectivity index (χ0v) is 8.71. The predicted octanol–water partition coefficient (Wildman–Crippen LogP) is 1.55. The number of rotatable bonds is 3. The van der Waals surface area contributed by atoms with E-state index in [2.05, 4.69) is 0 Å². The van der Waals surface area contributed by atoms with Gasteiger partial charge in [0.25, 0.3) is 0 Å². The van der Waals surface area contributed by atoms with Gasteiger partial charge in [-0.1, -0.05) is 19.1 Å². The summed E-state index contributed by atoms with van der Waals surface area (Å²) in [4.78, 5) is 0.321. The summed E-state index contributed by atoms with van der Waals surface area (Å²) in [7, 11) is -3.11. The van der Waals surface area contributed by atoms with Crippen LogP contribution < -0.4 is 0 Å². The van der Waals surface area contributed by atoms with Crippen LogP contribution >= 0.6 is 0 Å². The van der Waals surface area contributed by atoms with Crippen LogP contribution in [0.1, 0.15) is 12.5 Å². The molecule has 0 bridgehead atoms. The molecule has 0 aliphatic carbocycles. The maximum absolute atomic E-state index is 11.4. The normalized spacial score (nSPS) is 10.9. The Labute approximate surface area is 83.9 Å². The van der Waals surface area contributed by atoms with Crippen LogP contribution in [0, 0.1) is 11.3 Å². The van der Waals surface area contributed by atoms with E-state index in [1.54, 1.807) is 31.2 Å². The molecule has 0 N–H and O–H groups in total. The number of sulfone groups is 1. The van der Waals surface area contributed by atoms with Crippen LogP contribution in [0.15, 0.2) is 29.2 Å². The highest BCUT2D eigenvalue weighted by Gasteiger charge is 2.10. The zero-order valence-electron chi connectivity index (χ0n) is 7.90. The molecule has 0 spiro atoms. The standard InChI is InChI=1S/C10H11NO2S/c1-2-14(12,13)10-5-3-9(4-6-10)7-8-11/h3-6H,2,7H2,1H3. The van der Waals surface area contributed by atoms with E-state index in [0.29, 0.717) is 11.3 Å². The first-order chi connectivity index (χ1) is 6.60. The van der Waals surface area contributed by atoms with Crippen LogP contribution in [0.3, 0.4) is 0 Å². The van der Waals surface area contributed by atoms with Gasteiger partial charge in [-0.05, 0) is 17.7 Å². The lowest BCUT2D eigenvalue weighted by Crippen LogP contribution is -2.03. The Morgan fingerprint density at radius 3 is 2.29 bits per heavy atom. The molecule has 0 aliphatic heterocycles. The lowest BCUT2D eigenvalue weighted by atomic mass is 10.2. The summed E-state index contributed by atoms with van der Waals surface area (Å²) in [6.07, 6.45) is 0.312. The van der Waals surface area contributed by atoms with Crippen LogP contribution in [0.25, 0.3) is 0 Å². The molecule has 0 radical (unpaired) electrons. The molecule has 1 rings (SSSR count). The van der Waals surface area contributed by atoms with E-state index < -0.39 is 9.84 Å². The lowest BCUT2D eigenvalue weighted by molar-refractivity contribution is 0.597. The fourth-order valence-electron chi connectivity index (χ4n) is 1.07. The molecule has 1 aromatic rings. The molecule has 0 amide bonds. The molecule has 14 heavy (non-hydrogen) atoms. The third kappa shape index (κ3) is 2.33. The van der Waals surface area contributed by atoms with Crippen molar-refractivity contribution in [2.24, 2.45) is 0 Å². The van der Waals surface area contributed by atoms with Gasteiger partial charge in [0, 0.05) is 0 Å². The van der Waals surface area contributed by atoms with E-state index in [1.165, 1.54) is 0 Å². The SMILES string of the molecule is CCS(=O)(=O)c1ccc(CC#N)cc1. The van der Waals surface area contributed by atoms with Crippen molar-refractivity contribution < 1.29 is 8.42 Å². The molecule has 1 aromatic carbocycles. The molecular weight excluding hydrogens is 198 g/mol. The number of hydrogen-bond acceptors (Lipinski definition) is 3. The first-order valence-electron chi connectivity index (χ1n) is 4.29. The van der Waals surface area contributed by atoms with Crippen LogP contribution in [-0.4, -0.2) is 14.2 Å². The van der Waals surface area contributed by atoms with E-state index in [4.69, 9.17) is 5.26 Å². The van der Waals surface area contributed by atoms with Crippen molar-refractivity contribution >= 4 is 9.84 Å². The van der Waals surface area contributed by atoms with Gasteiger partial charge in [-0.15, -0.1) is 0 Å². The van der Waals surface area contributed by atoms with Crippen molar-refractivity contribution in [1.82, 2.24) is 0 Å². The summed E-state index contributed by atoms with van der Waals surface area (Å²) >= 11 is 0. The molecule has 74 valence electrons. The molecule has 0 atom stereocenters. The summed E-state index contributed by atoms with van der Waals surface area (Å²) in [5.74, 6) is 0.102. The van der Waals surface area contributed by atoms with Gasteiger partial charge < -0.3 is 0 Å². The van der Waals surface area contributed by atoms with Gasteiger partial charge in [-0.25, -0.2) is 8.42 Å². The summed E-state index contributed by atoms with van der Waals surface area (Å²) in [6, 6.07) is 8.45. The Kier molecular flexibility index (Phi) is 3.26. The van der Waals surface area contributed by atoms with Gasteiger partial charge in [0.15, 0.2) is 9.84 Å². The molecule has 0 aromatic heterocycles. The maximum Gasteiger partial charge on any atom is 0.178 e. The largest absolute Gasteiger partial charge is 0.224 e. The first kappa shape index (κ1) is 10.7. The minimum absolute atomic E-state index is 0.102. The summed E-state index contributed by atoms with van der Waals surface area (Å²) in [6.45, 7) is 1.61. The minimum Gasteiger partial charge on any atom is -0.224 e. The Hall–Kier alpha value is -1.34. The van der Waals surface area contributed by atoms with Gasteiger partial charge in [0.1, 0.15) is 0 Å². The third-order valence-electron chi connectivity index (χ3n) is 1.95. The van der Waals surface area contributed by atoms with E-state index in [-0.39, 0.29) is 5.75 Å². The van der Waals surface area contributed by atoms with Gasteiger partial charge >= 0.3 is 0 Å². The van der Waals surface area contributed by atoms with Crippen LogP contribution in [0.4, 0.5) is 0 Å². The number of nitriles is 1. The third-order valence-corrected chi connectivity index (χ3v) is 3.70. The summed E-state index contributed by atoms with van der Waals surface area (Å²) < 4.78 is 22.8. The van der Waals surface area contributed by atoms with Gasteiger partial charge in [0.05, 0.1) is 23.1 Å². The average Bonchev–Trinajstić information content (AvgIpc) is 2.19. The van der Waals surface area contributed by atoms with E-state index >= 15 is 0 Å². The molecule has 0 aliphatic rings. The Morgan fingerprint density at radius 2 is 1.86 bits per heavy atom. The predicted molar refractivity (Wildman–Crippen MR) is 53.5 cm³/mol. The van der Waals surface area contributed by atoms with E-state index in [9.17, 15) is 8.42 Å². The summed E-state index contributed by atoms with van der Waals surface area (Å²) in [5.41, 5.74) is 0.836. The van der Waals surface area contributed by atoms with Crippen molar-refractivity contribution in [3.8, 4) is 6.07 Å². The average molecular weight is 209 g/mol. The molecule has 0 fully saturated rings.